The number of esters is 1. The summed E-state index contributed by atoms with van der Waals surface area (Å²) in [5.74, 6) is -2.97. The van der Waals surface area contributed by atoms with Crippen molar-refractivity contribution in [1.29, 1.82) is 0 Å². The number of ether oxygens (including phenoxy) is 2. The van der Waals surface area contributed by atoms with Gasteiger partial charge in [0, 0.05) is 37.4 Å². The van der Waals surface area contributed by atoms with Gasteiger partial charge in [-0.1, -0.05) is 12.1 Å². The Morgan fingerprint density at radius 1 is 1.16 bits per heavy atom. The number of hydrogen-bond acceptors (Lipinski definition) is 7. The number of benzene rings is 1. The quantitative estimate of drug-likeness (QED) is 0.241. The van der Waals surface area contributed by atoms with Crippen LogP contribution in [-0.4, -0.2) is 83.5 Å². The molecule has 1 aromatic carbocycles. The Balaban J connectivity index is 1.73. The number of aromatic amines is 1. The van der Waals surface area contributed by atoms with Gasteiger partial charge in [0.2, 0.25) is 0 Å². The lowest BCUT2D eigenvalue weighted by Crippen LogP contribution is -2.38. The number of ketones is 1. The maximum absolute atomic E-state index is 13.7. The Morgan fingerprint density at radius 2 is 1.84 bits per heavy atom. The van der Waals surface area contributed by atoms with Gasteiger partial charge in [0.15, 0.2) is 0 Å². The van der Waals surface area contributed by atoms with E-state index >= 15 is 0 Å². The van der Waals surface area contributed by atoms with Gasteiger partial charge in [-0.3, -0.25) is 14.5 Å². The van der Waals surface area contributed by atoms with E-state index in [-0.39, 0.29) is 35.7 Å². The Labute approximate surface area is 214 Å². The smallest absolute Gasteiger partial charge is 0.355 e. The summed E-state index contributed by atoms with van der Waals surface area (Å²) >= 11 is 0. The summed E-state index contributed by atoms with van der Waals surface area (Å²) in [5.41, 5.74) is 1.70. The van der Waals surface area contributed by atoms with Gasteiger partial charge < -0.3 is 24.5 Å². The summed E-state index contributed by atoms with van der Waals surface area (Å²) < 4.78 is 24.2. The number of rotatable bonds is 8. The highest BCUT2D eigenvalue weighted by molar-refractivity contribution is 6.46. The number of H-pyrrole nitrogens is 1. The highest BCUT2D eigenvalue weighted by Gasteiger charge is 2.46. The van der Waals surface area contributed by atoms with E-state index in [0.717, 1.165) is 19.6 Å². The fraction of sp³-hybridized carbons (Fsp3) is 0.444. The van der Waals surface area contributed by atoms with Gasteiger partial charge >= 0.3 is 5.97 Å². The van der Waals surface area contributed by atoms with Gasteiger partial charge in [0.05, 0.1) is 31.4 Å². The lowest BCUT2D eigenvalue weighted by Gasteiger charge is -2.29. The molecule has 2 saturated heterocycles. The summed E-state index contributed by atoms with van der Waals surface area (Å²) in [4.78, 5) is 45.5. The van der Waals surface area contributed by atoms with Crippen molar-refractivity contribution in [3.63, 3.8) is 0 Å². The molecule has 0 aliphatic carbocycles. The lowest BCUT2D eigenvalue weighted by molar-refractivity contribution is -0.140. The first-order valence-electron chi connectivity index (χ1n) is 12.4. The number of nitrogens with one attached hydrogen (secondary N) is 1. The van der Waals surface area contributed by atoms with E-state index in [2.05, 4.69) is 9.88 Å². The number of aryl methyl sites for hydroxylation is 1. The highest BCUT2D eigenvalue weighted by Crippen LogP contribution is 2.41. The predicted octanol–water partition coefficient (Wildman–Crippen LogP) is 3.09. The second kappa shape index (κ2) is 11.3. The number of likely N-dealkylation sites (tertiary alicyclic amines) is 1. The van der Waals surface area contributed by atoms with E-state index in [1.54, 1.807) is 20.8 Å². The Kier molecular flexibility index (Phi) is 8.09. The molecule has 0 saturated carbocycles. The van der Waals surface area contributed by atoms with Crippen molar-refractivity contribution in [2.45, 2.75) is 33.2 Å². The maximum Gasteiger partial charge on any atom is 0.355 e. The molecule has 2 aliphatic heterocycles. The molecule has 2 aliphatic rings. The molecule has 1 atom stereocenters. The molecule has 2 N–H and O–H groups in total. The average molecular weight is 514 g/mol. The fourth-order valence-electron chi connectivity index (χ4n) is 5.04. The molecule has 37 heavy (non-hydrogen) atoms. The first-order chi connectivity index (χ1) is 17.7. The molecule has 0 bridgehead atoms. The number of amides is 1. The van der Waals surface area contributed by atoms with Crippen molar-refractivity contribution in [2.75, 3.05) is 46.0 Å². The maximum atomic E-state index is 13.7. The van der Waals surface area contributed by atoms with E-state index < -0.39 is 29.5 Å². The average Bonchev–Trinajstić information content (AvgIpc) is 3.32. The summed E-state index contributed by atoms with van der Waals surface area (Å²) in [6.45, 7) is 9.08. The molecule has 10 heteroatoms. The minimum atomic E-state index is -0.898. The van der Waals surface area contributed by atoms with Gasteiger partial charge in [-0.25, -0.2) is 9.18 Å². The van der Waals surface area contributed by atoms with Gasteiger partial charge in [-0.05, 0) is 50.5 Å². The zero-order chi connectivity index (χ0) is 26.7. The van der Waals surface area contributed by atoms with Crippen LogP contribution in [-0.2, 0) is 19.1 Å². The third-order valence-electron chi connectivity index (χ3n) is 6.86. The van der Waals surface area contributed by atoms with Crippen LogP contribution in [0.25, 0.3) is 5.76 Å². The highest BCUT2D eigenvalue weighted by atomic mass is 19.1. The standard InChI is InChI=1S/C27H32FN3O6/c1-4-37-27(35)22-16(2)20(17(3)29-22)24(32)21-23(18-6-8-19(28)9-7-18)31(26(34)25(21)33)11-5-10-30-12-14-36-15-13-30/h6-9,23,29,32H,4-5,10-15H2,1-3H3/b24-21+/t23-/m0/s1. The Hall–Kier alpha value is -3.50. The first kappa shape index (κ1) is 26.6. The van der Waals surface area contributed by atoms with Crippen LogP contribution >= 0.6 is 0 Å². The minimum absolute atomic E-state index is 0.0939. The monoisotopic (exact) mass is 513 g/mol. The molecule has 1 amide bonds. The molecule has 2 fully saturated rings. The van der Waals surface area contributed by atoms with E-state index in [1.165, 1.54) is 29.2 Å². The summed E-state index contributed by atoms with van der Waals surface area (Å²) in [7, 11) is 0. The van der Waals surface area contributed by atoms with Crippen molar-refractivity contribution in [2.24, 2.45) is 0 Å². The normalized spacial score (nSPS) is 20.0. The van der Waals surface area contributed by atoms with Crippen LogP contribution < -0.4 is 0 Å². The number of carbonyl (C=O) groups excluding carboxylic acids is 3. The fourth-order valence-corrected chi connectivity index (χ4v) is 5.04. The van der Waals surface area contributed by atoms with Crippen molar-refractivity contribution < 1.29 is 33.4 Å². The van der Waals surface area contributed by atoms with Crippen LogP contribution in [0.4, 0.5) is 4.39 Å². The predicted molar refractivity (Wildman–Crippen MR) is 134 cm³/mol. The van der Waals surface area contributed by atoms with Crippen LogP contribution in [0, 0.1) is 19.7 Å². The number of aliphatic hydroxyl groups excluding tert-OH is 1. The number of Topliss-reactive ketones (excluding diaryl/α,β-unsaturated/α-hetero) is 1. The minimum Gasteiger partial charge on any atom is -0.507 e. The zero-order valence-corrected chi connectivity index (χ0v) is 21.3. The topological polar surface area (TPSA) is 112 Å². The Bertz CT molecular complexity index is 1210. The van der Waals surface area contributed by atoms with E-state index in [0.29, 0.717) is 36.5 Å². The largest absolute Gasteiger partial charge is 0.507 e. The number of aromatic nitrogens is 1. The zero-order valence-electron chi connectivity index (χ0n) is 21.3. The molecular weight excluding hydrogens is 481 g/mol. The van der Waals surface area contributed by atoms with E-state index in [4.69, 9.17) is 9.47 Å². The molecule has 2 aromatic rings. The molecule has 3 heterocycles. The number of nitrogens with zero attached hydrogens (tertiary/aromatic N) is 2. The molecule has 0 radical (unpaired) electrons. The number of morpholine rings is 1. The van der Waals surface area contributed by atoms with Gasteiger partial charge in [0.25, 0.3) is 11.7 Å². The summed E-state index contributed by atoms with van der Waals surface area (Å²) in [6.07, 6.45) is 0.611. The van der Waals surface area contributed by atoms with Crippen LogP contribution in [0.3, 0.4) is 0 Å². The van der Waals surface area contributed by atoms with Crippen LogP contribution in [0.15, 0.2) is 29.8 Å². The summed E-state index contributed by atoms with van der Waals surface area (Å²) in [5, 5.41) is 11.4. The molecule has 4 rings (SSSR count). The lowest BCUT2D eigenvalue weighted by atomic mass is 9.94. The van der Waals surface area contributed by atoms with Crippen LogP contribution in [0.1, 0.15) is 52.3 Å². The molecule has 198 valence electrons. The molecule has 1 aromatic heterocycles. The second-order valence-corrected chi connectivity index (χ2v) is 9.20. The SMILES string of the molecule is CCOC(=O)c1[nH]c(C)c(/C(O)=C2\C(=O)C(=O)N(CCCN3CCOCC3)[C@H]2c2ccc(F)cc2)c1C. The van der Waals surface area contributed by atoms with Crippen molar-refractivity contribution in [1.82, 2.24) is 14.8 Å². The first-order valence-corrected chi connectivity index (χ1v) is 12.4. The number of carbonyl (C=O) groups is 3. The molecular formula is C27H32FN3O6. The molecule has 0 spiro atoms. The van der Waals surface area contributed by atoms with E-state index in [9.17, 15) is 23.9 Å². The van der Waals surface area contributed by atoms with Gasteiger partial charge in [-0.15, -0.1) is 0 Å². The number of aliphatic hydroxyl groups is 1. The third kappa shape index (κ3) is 5.30. The van der Waals surface area contributed by atoms with E-state index in [1.807, 2.05) is 0 Å². The molecule has 9 nitrogen and oxygen atoms in total. The van der Waals surface area contributed by atoms with Crippen LogP contribution in [0.2, 0.25) is 0 Å². The van der Waals surface area contributed by atoms with Crippen molar-refractivity contribution in [3.05, 3.63) is 63.7 Å². The Morgan fingerprint density at radius 3 is 2.49 bits per heavy atom. The number of halogens is 1. The van der Waals surface area contributed by atoms with Crippen molar-refractivity contribution in [3.8, 4) is 0 Å². The van der Waals surface area contributed by atoms with Crippen LogP contribution in [0.5, 0.6) is 0 Å². The second-order valence-electron chi connectivity index (χ2n) is 9.20. The summed E-state index contributed by atoms with van der Waals surface area (Å²) in [6, 6.07) is 4.64. The van der Waals surface area contributed by atoms with Crippen molar-refractivity contribution >= 4 is 23.4 Å². The molecule has 0 unspecified atom stereocenters. The number of hydrogen-bond donors (Lipinski definition) is 2. The van der Waals surface area contributed by atoms with Gasteiger partial charge in [0.1, 0.15) is 17.3 Å². The van der Waals surface area contributed by atoms with Gasteiger partial charge in [-0.2, -0.15) is 0 Å². The third-order valence-corrected chi connectivity index (χ3v) is 6.86.